The van der Waals surface area contributed by atoms with Crippen LogP contribution in [0.4, 0.5) is 5.69 Å². The maximum absolute atomic E-state index is 13.0. The molecule has 0 radical (unpaired) electrons. The van der Waals surface area contributed by atoms with E-state index in [0.29, 0.717) is 5.16 Å². The van der Waals surface area contributed by atoms with E-state index in [-0.39, 0.29) is 5.91 Å². The van der Waals surface area contributed by atoms with E-state index in [0.717, 1.165) is 22.4 Å². The standard InChI is InChI=1S/C20H19N3OS/c1-14-9-10-15(2)17(13-14)23-19(24)18(16-7-4-3-5-8-16)25-20-21-11-6-12-22-20/h3-13,18H,1-2H3,(H,23,24)/t18-/m1/s1. The minimum Gasteiger partial charge on any atom is -0.325 e. The number of hydrogen-bond acceptors (Lipinski definition) is 4. The van der Waals surface area contributed by atoms with Gasteiger partial charge in [0.1, 0.15) is 5.25 Å². The van der Waals surface area contributed by atoms with Crippen molar-refractivity contribution in [2.45, 2.75) is 24.3 Å². The first-order valence-electron chi connectivity index (χ1n) is 8.00. The SMILES string of the molecule is Cc1ccc(C)c(NC(=O)[C@H](Sc2ncccn2)c2ccccc2)c1. The molecular weight excluding hydrogens is 330 g/mol. The Balaban J connectivity index is 1.88. The van der Waals surface area contributed by atoms with Crippen LogP contribution in [0.1, 0.15) is 21.9 Å². The number of nitrogens with one attached hydrogen (secondary N) is 1. The molecule has 126 valence electrons. The van der Waals surface area contributed by atoms with Crippen LogP contribution in [-0.4, -0.2) is 15.9 Å². The van der Waals surface area contributed by atoms with Crippen LogP contribution in [0, 0.1) is 13.8 Å². The van der Waals surface area contributed by atoms with Gasteiger partial charge in [-0.25, -0.2) is 9.97 Å². The van der Waals surface area contributed by atoms with Crippen molar-refractivity contribution in [1.82, 2.24) is 9.97 Å². The Kier molecular flexibility index (Phi) is 5.46. The molecule has 1 aromatic heterocycles. The van der Waals surface area contributed by atoms with E-state index in [1.165, 1.54) is 11.8 Å². The van der Waals surface area contributed by atoms with Crippen LogP contribution in [0.25, 0.3) is 0 Å². The van der Waals surface area contributed by atoms with E-state index in [9.17, 15) is 4.79 Å². The van der Waals surface area contributed by atoms with Crippen molar-refractivity contribution in [2.75, 3.05) is 5.32 Å². The van der Waals surface area contributed by atoms with Gasteiger partial charge in [-0.15, -0.1) is 0 Å². The predicted octanol–water partition coefficient (Wildman–Crippen LogP) is 4.57. The van der Waals surface area contributed by atoms with Crippen molar-refractivity contribution in [3.8, 4) is 0 Å². The molecule has 5 heteroatoms. The first-order valence-corrected chi connectivity index (χ1v) is 8.88. The van der Waals surface area contributed by atoms with Crippen LogP contribution in [0.15, 0.2) is 72.1 Å². The number of thioether (sulfide) groups is 1. The van der Waals surface area contributed by atoms with Gasteiger partial charge in [-0.2, -0.15) is 0 Å². The van der Waals surface area contributed by atoms with Gasteiger partial charge < -0.3 is 5.32 Å². The van der Waals surface area contributed by atoms with Crippen LogP contribution < -0.4 is 5.32 Å². The highest BCUT2D eigenvalue weighted by Gasteiger charge is 2.23. The molecule has 25 heavy (non-hydrogen) atoms. The summed E-state index contributed by atoms with van der Waals surface area (Å²) in [5.74, 6) is -0.0858. The second-order valence-corrected chi connectivity index (χ2v) is 6.82. The van der Waals surface area contributed by atoms with Crippen molar-refractivity contribution in [1.29, 1.82) is 0 Å². The number of anilines is 1. The van der Waals surface area contributed by atoms with Crippen LogP contribution >= 0.6 is 11.8 Å². The van der Waals surface area contributed by atoms with Crippen molar-refractivity contribution >= 4 is 23.4 Å². The Morgan fingerprint density at radius 3 is 2.44 bits per heavy atom. The lowest BCUT2D eigenvalue weighted by atomic mass is 10.1. The van der Waals surface area contributed by atoms with E-state index in [1.807, 2.05) is 62.4 Å². The number of aryl methyl sites for hydroxylation is 2. The number of rotatable bonds is 5. The monoisotopic (exact) mass is 349 g/mol. The predicted molar refractivity (Wildman–Crippen MR) is 102 cm³/mol. The van der Waals surface area contributed by atoms with Crippen LogP contribution in [0.5, 0.6) is 0 Å². The van der Waals surface area contributed by atoms with E-state index >= 15 is 0 Å². The van der Waals surface area contributed by atoms with Gasteiger partial charge in [0, 0.05) is 18.1 Å². The fourth-order valence-electron chi connectivity index (χ4n) is 2.42. The van der Waals surface area contributed by atoms with Crippen LogP contribution in [-0.2, 0) is 4.79 Å². The smallest absolute Gasteiger partial charge is 0.242 e. The van der Waals surface area contributed by atoms with Gasteiger partial charge in [0.25, 0.3) is 0 Å². The molecule has 0 aliphatic heterocycles. The summed E-state index contributed by atoms with van der Waals surface area (Å²) < 4.78 is 0. The summed E-state index contributed by atoms with van der Waals surface area (Å²) >= 11 is 1.34. The maximum Gasteiger partial charge on any atom is 0.242 e. The Hall–Kier alpha value is -2.66. The average Bonchev–Trinajstić information content (AvgIpc) is 2.64. The highest BCUT2D eigenvalue weighted by molar-refractivity contribution is 8.00. The molecule has 3 rings (SSSR count). The van der Waals surface area contributed by atoms with E-state index in [2.05, 4.69) is 15.3 Å². The third-order valence-electron chi connectivity index (χ3n) is 3.76. The Labute approximate surface area is 151 Å². The molecule has 3 aromatic rings. The lowest BCUT2D eigenvalue weighted by Crippen LogP contribution is -2.20. The molecule has 0 bridgehead atoms. The van der Waals surface area contributed by atoms with Crippen LogP contribution in [0.2, 0.25) is 0 Å². The molecule has 4 nitrogen and oxygen atoms in total. The summed E-state index contributed by atoms with van der Waals surface area (Å²) in [5.41, 5.74) is 3.89. The molecule has 0 unspecified atom stereocenters. The molecule has 2 aromatic carbocycles. The topological polar surface area (TPSA) is 54.9 Å². The summed E-state index contributed by atoms with van der Waals surface area (Å²) in [5, 5.41) is 3.20. The second-order valence-electron chi connectivity index (χ2n) is 5.75. The van der Waals surface area contributed by atoms with Crippen molar-refractivity contribution in [2.24, 2.45) is 0 Å². The first kappa shape index (κ1) is 17.2. The van der Waals surface area contributed by atoms with Crippen LogP contribution in [0.3, 0.4) is 0 Å². The number of carbonyl (C=O) groups excluding carboxylic acids is 1. The van der Waals surface area contributed by atoms with Gasteiger partial charge in [-0.1, -0.05) is 54.2 Å². The van der Waals surface area contributed by atoms with Gasteiger partial charge in [0.15, 0.2) is 5.16 Å². The Bertz CT molecular complexity index is 853. The molecule has 1 heterocycles. The number of carbonyl (C=O) groups is 1. The van der Waals surface area contributed by atoms with E-state index < -0.39 is 5.25 Å². The third kappa shape index (κ3) is 4.45. The van der Waals surface area contributed by atoms with Crippen molar-refractivity contribution in [3.05, 3.63) is 83.7 Å². The third-order valence-corrected chi connectivity index (χ3v) is 4.90. The summed E-state index contributed by atoms with van der Waals surface area (Å²) in [6.45, 7) is 4.00. The average molecular weight is 349 g/mol. The molecule has 0 spiro atoms. The molecule has 1 N–H and O–H groups in total. The minimum atomic E-state index is -0.427. The van der Waals surface area contributed by atoms with E-state index in [1.54, 1.807) is 18.5 Å². The number of nitrogens with zero attached hydrogens (tertiary/aromatic N) is 2. The molecular formula is C20H19N3OS. The molecule has 0 saturated carbocycles. The second kappa shape index (κ2) is 7.94. The Morgan fingerprint density at radius 2 is 1.72 bits per heavy atom. The van der Waals surface area contributed by atoms with E-state index in [4.69, 9.17) is 0 Å². The zero-order valence-corrected chi connectivity index (χ0v) is 15.0. The molecule has 0 aliphatic rings. The fourth-order valence-corrected chi connectivity index (χ4v) is 3.33. The van der Waals surface area contributed by atoms with Gasteiger partial charge in [0.2, 0.25) is 5.91 Å². The molecule has 1 amide bonds. The zero-order valence-electron chi connectivity index (χ0n) is 14.1. The largest absolute Gasteiger partial charge is 0.325 e. The molecule has 0 aliphatic carbocycles. The number of aromatic nitrogens is 2. The lowest BCUT2D eigenvalue weighted by Gasteiger charge is -2.17. The summed E-state index contributed by atoms with van der Waals surface area (Å²) in [4.78, 5) is 21.5. The Morgan fingerprint density at radius 1 is 1.00 bits per heavy atom. The summed E-state index contributed by atoms with van der Waals surface area (Å²) in [6, 6.07) is 17.5. The van der Waals surface area contributed by atoms with Gasteiger partial charge >= 0.3 is 0 Å². The zero-order chi connectivity index (χ0) is 17.6. The lowest BCUT2D eigenvalue weighted by molar-refractivity contribution is -0.115. The summed E-state index contributed by atoms with van der Waals surface area (Å²) in [7, 11) is 0. The minimum absolute atomic E-state index is 0.0858. The number of benzene rings is 2. The van der Waals surface area contributed by atoms with Gasteiger partial charge in [-0.05, 0) is 42.7 Å². The molecule has 1 atom stereocenters. The number of hydrogen-bond donors (Lipinski definition) is 1. The quantitative estimate of drug-likeness (QED) is 0.542. The highest BCUT2D eigenvalue weighted by Crippen LogP contribution is 2.34. The van der Waals surface area contributed by atoms with Crippen molar-refractivity contribution in [3.63, 3.8) is 0 Å². The first-order chi connectivity index (χ1) is 12.1. The molecule has 0 saturated heterocycles. The number of amides is 1. The maximum atomic E-state index is 13.0. The fraction of sp³-hybridized carbons (Fsp3) is 0.150. The highest BCUT2D eigenvalue weighted by atomic mass is 32.2. The van der Waals surface area contributed by atoms with Gasteiger partial charge in [0.05, 0.1) is 0 Å². The van der Waals surface area contributed by atoms with Crippen molar-refractivity contribution < 1.29 is 4.79 Å². The summed E-state index contributed by atoms with van der Waals surface area (Å²) in [6.07, 6.45) is 3.36. The normalized spacial score (nSPS) is 11.8. The molecule has 0 fully saturated rings. The van der Waals surface area contributed by atoms with Gasteiger partial charge in [-0.3, -0.25) is 4.79 Å².